The van der Waals surface area contributed by atoms with Gasteiger partial charge in [-0.2, -0.15) is 0 Å². The molecule has 0 bridgehead atoms. The van der Waals surface area contributed by atoms with Crippen molar-refractivity contribution in [3.8, 4) is 45.0 Å². The van der Waals surface area contributed by atoms with Crippen molar-refractivity contribution in [2.45, 2.75) is 0 Å². The van der Waals surface area contributed by atoms with Crippen LogP contribution < -0.4 is 0 Å². The van der Waals surface area contributed by atoms with E-state index < -0.39 is 0 Å². The molecule has 0 N–H and O–H groups in total. The van der Waals surface area contributed by atoms with Gasteiger partial charge in [-0.05, 0) is 65.2 Å². The summed E-state index contributed by atoms with van der Waals surface area (Å²) in [6.45, 7) is 7.46. The maximum absolute atomic E-state index is 7.46. The normalized spacial score (nSPS) is 11.4. The molecule has 0 spiro atoms. The first-order valence-electron chi connectivity index (χ1n) is 17.4. The molecule has 0 aliphatic carbocycles. The first-order chi connectivity index (χ1) is 25.8. The molecule has 52 heavy (non-hydrogen) atoms. The van der Waals surface area contributed by atoms with Gasteiger partial charge in [-0.25, -0.2) is 9.83 Å². The Morgan fingerprint density at radius 1 is 0.442 bits per heavy atom. The predicted molar refractivity (Wildman–Crippen MR) is 215 cm³/mol. The number of hydrogen-bond donors (Lipinski definition) is 0. The van der Waals surface area contributed by atoms with Crippen molar-refractivity contribution in [1.29, 1.82) is 0 Å². The highest BCUT2D eigenvalue weighted by molar-refractivity contribution is 6.26. The lowest BCUT2D eigenvalue weighted by Crippen LogP contribution is -1.99. The van der Waals surface area contributed by atoms with Gasteiger partial charge in [-0.15, -0.1) is 0 Å². The summed E-state index contributed by atoms with van der Waals surface area (Å²) in [4.78, 5) is 8.96. The number of fused-ring (bicyclic) bond motifs is 7. The van der Waals surface area contributed by atoms with Crippen molar-refractivity contribution < 1.29 is 0 Å². The van der Waals surface area contributed by atoms with Crippen molar-refractivity contribution in [3.05, 3.63) is 193 Å². The van der Waals surface area contributed by atoms with E-state index in [1.54, 1.807) is 0 Å². The molecule has 4 heteroatoms. The highest BCUT2D eigenvalue weighted by Gasteiger charge is 2.22. The second kappa shape index (κ2) is 12.0. The second-order valence-electron chi connectivity index (χ2n) is 13.1. The van der Waals surface area contributed by atoms with E-state index in [4.69, 9.17) is 11.6 Å². The molecule has 0 aliphatic rings. The minimum absolute atomic E-state index is 0.611. The lowest BCUT2D eigenvalue weighted by molar-refractivity contribution is 1.17. The van der Waals surface area contributed by atoms with Crippen molar-refractivity contribution in [3.63, 3.8) is 0 Å². The Labute approximate surface area is 300 Å². The van der Waals surface area contributed by atoms with Crippen LogP contribution in [0.2, 0.25) is 0 Å². The molecule has 0 amide bonds. The van der Waals surface area contributed by atoms with Crippen LogP contribution >= 0.6 is 0 Å². The van der Waals surface area contributed by atoms with E-state index in [1.165, 1.54) is 32.6 Å². The zero-order chi connectivity index (χ0) is 34.6. The topological polar surface area (TPSA) is 27.1 Å². The fourth-order valence-corrected chi connectivity index (χ4v) is 7.82. The van der Waals surface area contributed by atoms with Crippen LogP contribution in [0.4, 0.5) is 5.69 Å². The van der Waals surface area contributed by atoms with Crippen LogP contribution in [0, 0.1) is 6.57 Å². The Hall–Kier alpha value is -7.22. The Balaban J connectivity index is 1.30. The summed E-state index contributed by atoms with van der Waals surface area (Å²) in [6.07, 6.45) is 0. The van der Waals surface area contributed by atoms with E-state index in [1.807, 2.05) is 30.3 Å². The fourth-order valence-electron chi connectivity index (χ4n) is 7.82. The van der Waals surface area contributed by atoms with Gasteiger partial charge < -0.3 is 9.13 Å². The molecule has 0 radical (unpaired) electrons. The van der Waals surface area contributed by atoms with Gasteiger partial charge in [0, 0.05) is 32.8 Å². The number of nitrogens with zero attached hydrogens (tertiary/aromatic N) is 4. The van der Waals surface area contributed by atoms with Gasteiger partial charge in [0.2, 0.25) is 0 Å². The average molecular weight is 663 g/mol. The number of para-hydroxylation sites is 4. The van der Waals surface area contributed by atoms with E-state index >= 15 is 0 Å². The Bertz CT molecular complexity index is 3000. The number of benzene rings is 7. The van der Waals surface area contributed by atoms with Crippen LogP contribution in [0.15, 0.2) is 182 Å². The Morgan fingerprint density at radius 2 is 1.08 bits per heavy atom. The molecule has 10 rings (SSSR count). The third-order valence-electron chi connectivity index (χ3n) is 10.1. The molecule has 0 atom stereocenters. The summed E-state index contributed by atoms with van der Waals surface area (Å²) < 4.78 is 4.83. The van der Waals surface area contributed by atoms with Crippen LogP contribution in [-0.2, 0) is 0 Å². The van der Waals surface area contributed by atoms with Crippen molar-refractivity contribution in [1.82, 2.24) is 14.1 Å². The second-order valence-corrected chi connectivity index (χ2v) is 13.1. The van der Waals surface area contributed by atoms with E-state index in [0.29, 0.717) is 5.69 Å². The smallest absolute Gasteiger partial charge is 0.187 e. The maximum Gasteiger partial charge on any atom is 0.187 e. The highest BCUT2D eigenvalue weighted by atomic mass is 15.0. The molecule has 0 aliphatic heterocycles. The van der Waals surface area contributed by atoms with Crippen LogP contribution in [0.5, 0.6) is 0 Å². The van der Waals surface area contributed by atoms with Crippen molar-refractivity contribution in [2.24, 2.45) is 0 Å². The molecule has 10 aromatic rings. The number of pyridine rings is 1. The lowest BCUT2D eigenvalue weighted by Gasteiger charge is -2.16. The maximum atomic E-state index is 7.46. The first kappa shape index (κ1) is 29.7. The summed E-state index contributed by atoms with van der Waals surface area (Å²) >= 11 is 0. The molecule has 3 heterocycles. The molecular formula is C48H30N4. The zero-order valence-electron chi connectivity index (χ0n) is 28.1. The van der Waals surface area contributed by atoms with Crippen molar-refractivity contribution >= 4 is 49.3 Å². The SMILES string of the molecule is [C-]#[N+]c1ccc(-c2cc(-c3ccccc3)cc(-c3ccccc3-n3c4ccccc4c4ccc5c(c6ccccc6n5-c5ccccc5)c43)n2)cc1. The summed E-state index contributed by atoms with van der Waals surface area (Å²) in [5.74, 6) is 0. The van der Waals surface area contributed by atoms with Crippen LogP contribution in [-0.4, -0.2) is 14.1 Å². The Kier molecular flexibility index (Phi) is 6.84. The van der Waals surface area contributed by atoms with Crippen molar-refractivity contribution in [2.75, 3.05) is 0 Å². The minimum atomic E-state index is 0.611. The van der Waals surface area contributed by atoms with E-state index in [0.717, 1.165) is 56.0 Å². The molecule has 242 valence electrons. The van der Waals surface area contributed by atoms with Gasteiger partial charge in [-0.3, -0.25) is 0 Å². The van der Waals surface area contributed by atoms with Gasteiger partial charge in [0.05, 0.1) is 45.7 Å². The minimum Gasteiger partial charge on any atom is -0.309 e. The summed E-state index contributed by atoms with van der Waals surface area (Å²) in [5, 5.41) is 4.84. The summed E-state index contributed by atoms with van der Waals surface area (Å²) in [5.41, 5.74) is 13.4. The highest BCUT2D eigenvalue weighted by Crippen LogP contribution is 2.43. The summed E-state index contributed by atoms with van der Waals surface area (Å²) in [6, 6.07) is 63.8. The number of aromatic nitrogens is 3. The van der Waals surface area contributed by atoms with Gasteiger partial charge in [0.25, 0.3) is 0 Å². The standard InChI is InChI=1S/C48H30N4/c1-49-35-26-24-33(25-27-35)41-30-34(32-14-4-2-5-15-32)31-42(50-41)39-19-9-12-22-44(39)52-43-21-11-8-18-37(43)38-28-29-46-47(48(38)52)40-20-10-13-23-45(40)51(46)36-16-6-3-7-17-36/h2-31H. The lowest BCUT2D eigenvalue weighted by atomic mass is 9.99. The van der Waals surface area contributed by atoms with E-state index in [9.17, 15) is 0 Å². The van der Waals surface area contributed by atoms with Gasteiger partial charge in [0.15, 0.2) is 5.69 Å². The molecule has 0 unspecified atom stereocenters. The number of rotatable bonds is 5. The number of hydrogen-bond acceptors (Lipinski definition) is 1. The van der Waals surface area contributed by atoms with Gasteiger partial charge >= 0.3 is 0 Å². The average Bonchev–Trinajstić information content (AvgIpc) is 3.74. The monoisotopic (exact) mass is 662 g/mol. The van der Waals surface area contributed by atoms with Gasteiger partial charge in [0.1, 0.15) is 0 Å². The third kappa shape index (κ3) is 4.65. The molecule has 0 saturated carbocycles. The molecule has 0 saturated heterocycles. The predicted octanol–water partition coefficient (Wildman–Crippen LogP) is 12.8. The first-order valence-corrected chi connectivity index (χ1v) is 17.4. The van der Waals surface area contributed by atoms with E-state index in [-0.39, 0.29) is 0 Å². The molecule has 0 fully saturated rings. The van der Waals surface area contributed by atoms with E-state index in [2.05, 4.69) is 166 Å². The molecule has 4 nitrogen and oxygen atoms in total. The van der Waals surface area contributed by atoms with Gasteiger partial charge in [-0.1, -0.05) is 133 Å². The molecular weight excluding hydrogens is 633 g/mol. The fraction of sp³-hybridized carbons (Fsp3) is 0. The van der Waals surface area contributed by atoms with Crippen LogP contribution in [0.1, 0.15) is 0 Å². The van der Waals surface area contributed by atoms with Crippen LogP contribution in [0.25, 0.3) is 93.5 Å². The zero-order valence-corrected chi connectivity index (χ0v) is 28.1. The molecule has 3 aromatic heterocycles. The third-order valence-corrected chi connectivity index (χ3v) is 10.1. The quantitative estimate of drug-likeness (QED) is 0.169. The molecule has 7 aromatic carbocycles. The summed E-state index contributed by atoms with van der Waals surface area (Å²) in [7, 11) is 0. The Morgan fingerprint density at radius 3 is 1.85 bits per heavy atom. The van der Waals surface area contributed by atoms with Crippen LogP contribution in [0.3, 0.4) is 0 Å². The largest absolute Gasteiger partial charge is 0.309 e.